The predicted octanol–water partition coefficient (Wildman–Crippen LogP) is 4.95. The fourth-order valence-corrected chi connectivity index (χ4v) is 2.25. The molecule has 0 aliphatic heterocycles. The molecule has 0 aliphatic rings. The Bertz CT molecular complexity index is 596. The van der Waals surface area contributed by atoms with E-state index in [4.69, 9.17) is 0 Å². The van der Waals surface area contributed by atoms with Crippen LogP contribution in [0.15, 0.2) is 49.0 Å². The van der Waals surface area contributed by atoms with E-state index in [1.54, 1.807) is 0 Å². The van der Waals surface area contributed by atoms with Crippen LogP contribution in [0.3, 0.4) is 0 Å². The fraction of sp³-hybridized carbons (Fsp3) is 0.222. The quantitative estimate of drug-likeness (QED) is 0.810. The highest BCUT2D eigenvalue weighted by Crippen LogP contribution is 2.21. The van der Waals surface area contributed by atoms with Gasteiger partial charge < -0.3 is 5.32 Å². The summed E-state index contributed by atoms with van der Waals surface area (Å²) in [5, 5.41) is 3.38. The fourth-order valence-electron chi connectivity index (χ4n) is 2.25. The highest BCUT2D eigenvalue weighted by molar-refractivity contribution is 5.75. The van der Waals surface area contributed by atoms with Gasteiger partial charge in [-0.2, -0.15) is 0 Å². The maximum absolute atomic E-state index is 4.12. The maximum atomic E-state index is 4.12. The van der Waals surface area contributed by atoms with Crippen molar-refractivity contribution in [3.63, 3.8) is 0 Å². The Balaban J connectivity index is 2.17. The molecule has 0 aliphatic carbocycles. The molecule has 0 unspecified atom stereocenters. The second-order valence-corrected chi connectivity index (χ2v) is 4.97. The minimum atomic E-state index is 0.937. The molecule has 0 saturated carbocycles. The monoisotopic (exact) mass is 251 g/mol. The van der Waals surface area contributed by atoms with Crippen molar-refractivity contribution in [1.82, 2.24) is 0 Å². The molecule has 2 aromatic carbocycles. The minimum absolute atomic E-state index is 0.937. The van der Waals surface area contributed by atoms with Crippen molar-refractivity contribution >= 4 is 11.4 Å². The molecule has 0 aromatic heterocycles. The first-order chi connectivity index (χ1) is 9.10. The van der Waals surface area contributed by atoms with Crippen LogP contribution < -0.4 is 5.32 Å². The van der Waals surface area contributed by atoms with E-state index in [0.717, 1.165) is 23.4 Å². The molecular formula is C18H21N. The van der Waals surface area contributed by atoms with E-state index in [1.165, 1.54) is 16.7 Å². The standard InChI is InChI=1S/C18H21N/c1-5-16-9-10-18(12-14(16)3)19-15(4)17-8-6-7-13(2)11-17/h6-12,19H,4-5H2,1-3H3. The van der Waals surface area contributed by atoms with Gasteiger partial charge in [-0.3, -0.25) is 0 Å². The predicted molar refractivity (Wildman–Crippen MR) is 84.4 cm³/mol. The van der Waals surface area contributed by atoms with Gasteiger partial charge in [0.2, 0.25) is 0 Å². The number of benzene rings is 2. The van der Waals surface area contributed by atoms with Gasteiger partial charge in [0.15, 0.2) is 0 Å². The van der Waals surface area contributed by atoms with Gasteiger partial charge in [0.05, 0.1) is 0 Å². The zero-order chi connectivity index (χ0) is 13.8. The Hall–Kier alpha value is -2.02. The molecule has 0 amide bonds. The number of rotatable bonds is 4. The van der Waals surface area contributed by atoms with Gasteiger partial charge in [-0.25, -0.2) is 0 Å². The zero-order valence-corrected chi connectivity index (χ0v) is 12.0. The van der Waals surface area contributed by atoms with Crippen molar-refractivity contribution in [2.24, 2.45) is 0 Å². The third-order valence-corrected chi connectivity index (χ3v) is 3.39. The summed E-state index contributed by atoms with van der Waals surface area (Å²) in [6.45, 7) is 10.6. The summed E-state index contributed by atoms with van der Waals surface area (Å²) in [7, 11) is 0. The van der Waals surface area contributed by atoms with Crippen LogP contribution in [0.1, 0.15) is 29.2 Å². The van der Waals surface area contributed by atoms with Crippen molar-refractivity contribution in [2.45, 2.75) is 27.2 Å². The topological polar surface area (TPSA) is 12.0 Å². The van der Waals surface area contributed by atoms with E-state index in [0.29, 0.717) is 0 Å². The second-order valence-electron chi connectivity index (χ2n) is 4.97. The van der Waals surface area contributed by atoms with E-state index < -0.39 is 0 Å². The summed E-state index contributed by atoms with van der Waals surface area (Å²) in [5.74, 6) is 0. The van der Waals surface area contributed by atoms with Gasteiger partial charge in [0, 0.05) is 11.4 Å². The number of nitrogens with one attached hydrogen (secondary N) is 1. The normalized spacial score (nSPS) is 10.3. The van der Waals surface area contributed by atoms with Gasteiger partial charge in [0.1, 0.15) is 0 Å². The first kappa shape index (κ1) is 13.4. The molecular weight excluding hydrogens is 230 g/mol. The molecule has 1 heteroatoms. The zero-order valence-electron chi connectivity index (χ0n) is 12.0. The van der Waals surface area contributed by atoms with Crippen LogP contribution in [-0.2, 0) is 6.42 Å². The van der Waals surface area contributed by atoms with E-state index >= 15 is 0 Å². The Morgan fingerprint density at radius 3 is 2.53 bits per heavy atom. The van der Waals surface area contributed by atoms with Crippen molar-refractivity contribution in [3.8, 4) is 0 Å². The number of anilines is 1. The molecule has 0 spiro atoms. The third-order valence-electron chi connectivity index (χ3n) is 3.39. The number of hydrogen-bond donors (Lipinski definition) is 1. The molecule has 2 aromatic rings. The van der Waals surface area contributed by atoms with Crippen LogP contribution in [0.25, 0.3) is 5.70 Å². The molecule has 0 radical (unpaired) electrons. The SMILES string of the molecule is C=C(Nc1ccc(CC)c(C)c1)c1cccc(C)c1. The number of hydrogen-bond acceptors (Lipinski definition) is 1. The molecule has 0 saturated heterocycles. The van der Waals surface area contributed by atoms with Crippen LogP contribution in [0.5, 0.6) is 0 Å². The van der Waals surface area contributed by atoms with Crippen molar-refractivity contribution in [2.75, 3.05) is 5.32 Å². The van der Waals surface area contributed by atoms with Gasteiger partial charge in [0.25, 0.3) is 0 Å². The summed E-state index contributed by atoms with van der Waals surface area (Å²) in [4.78, 5) is 0. The Labute approximate surface area is 116 Å². The molecule has 1 N–H and O–H groups in total. The molecule has 0 bridgehead atoms. The van der Waals surface area contributed by atoms with Crippen LogP contribution in [0.4, 0.5) is 5.69 Å². The van der Waals surface area contributed by atoms with Gasteiger partial charge >= 0.3 is 0 Å². The summed E-state index contributed by atoms with van der Waals surface area (Å²) >= 11 is 0. The lowest BCUT2D eigenvalue weighted by atomic mass is 10.1. The molecule has 0 heterocycles. The van der Waals surface area contributed by atoms with Crippen molar-refractivity contribution in [3.05, 3.63) is 71.3 Å². The molecule has 2 rings (SSSR count). The molecule has 0 atom stereocenters. The van der Waals surface area contributed by atoms with Crippen molar-refractivity contribution in [1.29, 1.82) is 0 Å². The van der Waals surface area contributed by atoms with Crippen LogP contribution in [-0.4, -0.2) is 0 Å². The van der Waals surface area contributed by atoms with Gasteiger partial charge in [-0.05, 0) is 55.2 Å². The summed E-state index contributed by atoms with van der Waals surface area (Å²) in [6, 6.07) is 14.9. The van der Waals surface area contributed by atoms with Crippen molar-refractivity contribution < 1.29 is 0 Å². The van der Waals surface area contributed by atoms with Crippen LogP contribution in [0, 0.1) is 13.8 Å². The average molecular weight is 251 g/mol. The lowest BCUT2D eigenvalue weighted by molar-refractivity contribution is 1.11. The Morgan fingerprint density at radius 1 is 1.11 bits per heavy atom. The van der Waals surface area contributed by atoms with Crippen LogP contribution >= 0.6 is 0 Å². The summed E-state index contributed by atoms with van der Waals surface area (Å²) in [6.07, 6.45) is 1.07. The molecule has 98 valence electrons. The third kappa shape index (κ3) is 3.25. The van der Waals surface area contributed by atoms with E-state index in [-0.39, 0.29) is 0 Å². The average Bonchev–Trinajstić information content (AvgIpc) is 2.39. The van der Waals surface area contributed by atoms with E-state index in [2.05, 4.69) is 75.1 Å². The smallest absolute Gasteiger partial charge is 0.0387 e. The van der Waals surface area contributed by atoms with Crippen LogP contribution in [0.2, 0.25) is 0 Å². The molecule has 19 heavy (non-hydrogen) atoms. The first-order valence-electron chi connectivity index (χ1n) is 6.72. The largest absolute Gasteiger partial charge is 0.356 e. The Morgan fingerprint density at radius 2 is 1.89 bits per heavy atom. The van der Waals surface area contributed by atoms with E-state index in [9.17, 15) is 0 Å². The Kier molecular flexibility index (Phi) is 4.06. The first-order valence-corrected chi connectivity index (χ1v) is 6.72. The minimum Gasteiger partial charge on any atom is -0.356 e. The van der Waals surface area contributed by atoms with E-state index in [1.807, 2.05) is 0 Å². The highest BCUT2D eigenvalue weighted by atomic mass is 14.9. The summed E-state index contributed by atoms with van der Waals surface area (Å²) in [5.41, 5.74) is 7.14. The summed E-state index contributed by atoms with van der Waals surface area (Å²) < 4.78 is 0. The highest BCUT2D eigenvalue weighted by Gasteiger charge is 2.02. The van der Waals surface area contributed by atoms with Gasteiger partial charge in [-0.1, -0.05) is 43.3 Å². The van der Waals surface area contributed by atoms with Gasteiger partial charge in [-0.15, -0.1) is 0 Å². The number of aryl methyl sites for hydroxylation is 3. The molecule has 0 fully saturated rings. The second kappa shape index (κ2) is 5.75. The lowest BCUT2D eigenvalue weighted by Gasteiger charge is -2.12. The lowest BCUT2D eigenvalue weighted by Crippen LogP contribution is -1.98. The molecule has 1 nitrogen and oxygen atoms in total. The maximum Gasteiger partial charge on any atom is 0.0387 e.